The molecule has 0 radical (unpaired) electrons. The van der Waals surface area contributed by atoms with Crippen molar-refractivity contribution in [1.82, 2.24) is 10.3 Å². The minimum atomic E-state index is 0.223. The molecular weight excluding hydrogens is 216 g/mol. The molecule has 0 amide bonds. The molecular formula is C13H24N2S. The third kappa shape index (κ3) is 5.61. The highest BCUT2D eigenvalue weighted by Crippen LogP contribution is 2.27. The SMILES string of the molecule is CC(C)(CCNC(C)(C)C)Cc1cncs1. The first-order valence-corrected chi connectivity index (χ1v) is 6.79. The van der Waals surface area contributed by atoms with Gasteiger partial charge in [0.2, 0.25) is 0 Å². The zero-order chi connectivity index (χ0) is 12.2. The van der Waals surface area contributed by atoms with Gasteiger partial charge < -0.3 is 5.32 Å². The summed E-state index contributed by atoms with van der Waals surface area (Å²) in [7, 11) is 0. The van der Waals surface area contributed by atoms with E-state index in [1.54, 1.807) is 11.3 Å². The van der Waals surface area contributed by atoms with Crippen molar-refractivity contribution in [1.29, 1.82) is 0 Å². The number of thiazole rings is 1. The van der Waals surface area contributed by atoms with Gasteiger partial charge in [-0.15, -0.1) is 11.3 Å². The summed E-state index contributed by atoms with van der Waals surface area (Å²) in [5.74, 6) is 0. The molecule has 1 rings (SSSR count). The first kappa shape index (κ1) is 13.7. The number of hydrogen-bond acceptors (Lipinski definition) is 3. The molecule has 0 unspecified atom stereocenters. The van der Waals surface area contributed by atoms with Crippen LogP contribution in [0.2, 0.25) is 0 Å². The number of hydrogen-bond donors (Lipinski definition) is 1. The quantitative estimate of drug-likeness (QED) is 0.852. The van der Waals surface area contributed by atoms with Gasteiger partial charge in [-0.3, -0.25) is 4.98 Å². The summed E-state index contributed by atoms with van der Waals surface area (Å²) in [5, 5.41) is 3.55. The van der Waals surface area contributed by atoms with Gasteiger partial charge in [-0.05, 0) is 45.6 Å². The Labute approximate surface area is 103 Å². The first-order valence-electron chi connectivity index (χ1n) is 5.91. The molecule has 1 aromatic heterocycles. The predicted octanol–water partition coefficient (Wildman–Crippen LogP) is 3.49. The van der Waals surface area contributed by atoms with Gasteiger partial charge in [-0.2, -0.15) is 0 Å². The Morgan fingerprint density at radius 1 is 1.25 bits per heavy atom. The van der Waals surface area contributed by atoms with Crippen LogP contribution in [0, 0.1) is 5.41 Å². The van der Waals surface area contributed by atoms with Gasteiger partial charge in [0.05, 0.1) is 5.51 Å². The fourth-order valence-electron chi connectivity index (χ4n) is 1.67. The van der Waals surface area contributed by atoms with Crippen LogP contribution in [0.3, 0.4) is 0 Å². The molecule has 0 aliphatic heterocycles. The van der Waals surface area contributed by atoms with Crippen molar-refractivity contribution in [2.24, 2.45) is 5.41 Å². The summed E-state index contributed by atoms with van der Waals surface area (Å²) in [6, 6.07) is 0. The third-order valence-electron chi connectivity index (χ3n) is 2.59. The van der Waals surface area contributed by atoms with Crippen LogP contribution in [0.5, 0.6) is 0 Å². The molecule has 0 aromatic carbocycles. The predicted molar refractivity (Wildman–Crippen MR) is 72.0 cm³/mol. The molecule has 0 atom stereocenters. The zero-order valence-corrected chi connectivity index (χ0v) is 11.9. The zero-order valence-electron chi connectivity index (χ0n) is 11.1. The van der Waals surface area contributed by atoms with Crippen LogP contribution < -0.4 is 5.32 Å². The summed E-state index contributed by atoms with van der Waals surface area (Å²) in [5.41, 5.74) is 2.49. The van der Waals surface area contributed by atoms with Gasteiger partial charge in [0.1, 0.15) is 0 Å². The minimum Gasteiger partial charge on any atom is -0.312 e. The molecule has 1 aromatic rings. The summed E-state index contributed by atoms with van der Waals surface area (Å²) < 4.78 is 0. The normalized spacial score (nSPS) is 13.1. The van der Waals surface area contributed by atoms with Crippen molar-refractivity contribution in [3.63, 3.8) is 0 Å². The molecule has 0 spiro atoms. The maximum atomic E-state index is 4.13. The van der Waals surface area contributed by atoms with Gasteiger partial charge in [0.15, 0.2) is 0 Å². The van der Waals surface area contributed by atoms with Crippen molar-refractivity contribution in [2.75, 3.05) is 6.54 Å². The third-order valence-corrected chi connectivity index (χ3v) is 3.37. The molecule has 1 N–H and O–H groups in total. The Morgan fingerprint density at radius 3 is 2.44 bits per heavy atom. The number of aromatic nitrogens is 1. The molecule has 1 heterocycles. The lowest BCUT2D eigenvalue weighted by Gasteiger charge is -2.27. The summed E-state index contributed by atoms with van der Waals surface area (Å²) in [6.07, 6.45) is 4.31. The number of rotatable bonds is 5. The van der Waals surface area contributed by atoms with Gasteiger partial charge in [-0.25, -0.2) is 0 Å². The Balaban J connectivity index is 2.34. The van der Waals surface area contributed by atoms with E-state index in [4.69, 9.17) is 0 Å². The number of nitrogens with one attached hydrogen (secondary N) is 1. The summed E-state index contributed by atoms with van der Waals surface area (Å²) >= 11 is 1.76. The molecule has 2 nitrogen and oxygen atoms in total. The Kier molecular flexibility index (Phi) is 4.51. The lowest BCUT2D eigenvalue weighted by molar-refractivity contribution is 0.304. The average molecular weight is 240 g/mol. The van der Waals surface area contributed by atoms with E-state index in [0.717, 1.165) is 13.0 Å². The highest BCUT2D eigenvalue weighted by atomic mass is 32.1. The van der Waals surface area contributed by atoms with Crippen LogP contribution in [0.4, 0.5) is 0 Å². The fraction of sp³-hybridized carbons (Fsp3) is 0.769. The monoisotopic (exact) mass is 240 g/mol. The average Bonchev–Trinajstić information content (AvgIpc) is 2.52. The second-order valence-electron chi connectivity index (χ2n) is 6.24. The van der Waals surface area contributed by atoms with Crippen LogP contribution in [0.15, 0.2) is 11.7 Å². The van der Waals surface area contributed by atoms with Crippen LogP contribution in [-0.2, 0) is 6.42 Å². The van der Waals surface area contributed by atoms with Gasteiger partial charge in [0, 0.05) is 16.6 Å². The maximum Gasteiger partial charge on any atom is 0.0794 e. The van der Waals surface area contributed by atoms with Crippen molar-refractivity contribution in [3.05, 3.63) is 16.6 Å². The Bertz CT molecular complexity index is 296. The minimum absolute atomic E-state index is 0.223. The van der Waals surface area contributed by atoms with E-state index >= 15 is 0 Å². The topological polar surface area (TPSA) is 24.9 Å². The lowest BCUT2D eigenvalue weighted by Crippen LogP contribution is -2.38. The highest BCUT2D eigenvalue weighted by Gasteiger charge is 2.20. The second-order valence-corrected chi connectivity index (χ2v) is 7.21. The van der Waals surface area contributed by atoms with Crippen LogP contribution in [0.25, 0.3) is 0 Å². The van der Waals surface area contributed by atoms with E-state index in [0.29, 0.717) is 5.41 Å². The van der Waals surface area contributed by atoms with Crippen molar-refractivity contribution < 1.29 is 0 Å². The lowest BCUT2D eigenvalue weighted by atomic mass is 9.85. The van der Waals surface area contributed by atoms with Crippen LogP contribution >= 0.6 is 11.3 Å². The van der Waals surface area contributed by atoms with E-state index in [2.05, 4.69) is 44.9 Å². The number of nitrogens with zero attached hydrogens (tertiary/aromatic N) is 1. The van der Waals surface area contributed by atoms with E-state index in [1.165, 1.54) is 11.3 Å². The van der Waals surface area contributed by atoms with E-state index in [9.17, 15) is 0 Å². The Hall–Kier alpha value is -0.410. The Morgan fingerprint density at radius 2 is 1.94 bits per heavy atom. The molecule has 0 aliphatic carbocycles. The molecule has 0 fully saturated rings. The second kappa shape index (κ2) is 5.28. The largest absolute Gasteiger partial charge is 0.312 e. The van der Waals surface area contributed by atoms with Crippen LogP contribution in [0.1, 0.15) is 45.9 Å². The molecule has 16 heavy (non-hydrogen) atoms. The van der Waals surface area contributed by atoms with E-state index in [-0.39, 0.29) is 5.54 Å². The van der Waals surface area contributed by atoms with Gasteiger partial charge in [0.25, 0.3) is 0 Å². The van der Waals surface area contributed by atoms with Crippen molar-refractivity contribution in [3.8, 4) is 0 Å². The van der Waals surface area contributed by atoms with Gasteiger partial charge >= 0.3 is 0 Å². The smallest absolute Gasteiger partial charge is 0.0794 e. The van der Waals surface area contributed by atoms with E-state index < -0.39 is 0 Å². The molecule has 3 heteroatoms. The maximum absolute atomic E-state index is 4.13. The molecule has 0 bridgehead atoms. The molecule has 92 valence electrons. The molecule has 0 saturated heterocycles. The summed E-state index contributed by atoms with van der Waals surface area (Å²) in [6.45, 7) is 12.4. The van der Waals surface area contributed by atoms with Crippen LogP contribution in [-0.4, -0.2) is 17.1 Å². The van der Waals surface area contributed by atoms with Crippen molar-refractivity contribution in [2.45, 2.75) is 53.0 Å². The highest BCUT2D eigenvalue weighted by molar-refractivity contribution is 7.09. The molecule has 0 saturated carbocycles. The van der Waals surface area contributed by atoms with Crippen molar-refractivity contribution >= 4 is 11.3 Å². The first-order chi connectivity index (χ1) is 7.29. The standard InChI is InChI=1S/C13H24N2S/c1-12(2,3)15-7-6-13(4,5)8-11-9-14-10-16-11/h9-10,15H,6-8H2,1-5H3. The fourth-order valence-corrected chi connectivity index (χ4v) is 2.52. The molecule has 0 aliphatic rings. The van der Waals surface area contributed by atoms with Gasteiger partial charge in [-0.1, -0.05) is 13.8 Å². The summed E-state index contributed by atoms with van der Waals surface area (Å²) in [4.78, 5) is 5.52. The van der Waals surface area contributed by atoms with E-state index in [1.807, 2.05) is 11.7 Å².